The van der Waals surface area contributed by atoms with Gasteiger partial charge in [-0.15, -0.1) is 0 Å². The van der Waals surface area contributed by atoms with Crippen molar-refractivity contribution in [2.24, 2.45) is 5.41 Å². The number of hydrogen-bond acceptors (Lipinski definition) is 4. The van der Waals surface area contributed by atoms with Gasteiger partial charge in [0.2, 0.25) is 10.0 Å². The fraction of sp³-hybridized carbons (Fsp3) is 0.647. The highest BCUT2D eigenvalue weighted by Crippen LogP contribution is 2.30. The van der Waals surface area contributed by atoms with Crippen LogP contribution < -0.4 is 19.1 Å². The number of ether oxygens (including phenoxy) is 2. The summed E-state index contributed by atoms with van der Waals surface area (Å²) in [4.78, 5) is 1.46. The van der Waals surface area contributed by atoms with E-state index < -0.39 is 10.0 Å². The average Bonchev–Trinajstić information content (AvgIpc) is 2.46. The Morgan fingerprint density at radius 1 is 1.08 bits per heavy atom. The van der Waals surface area contributed by atoms with E-state index in [-0.39, 0.29) is 10.3 Å². The molecule has 0 aromatic heterocycles. The minimum Gasteiger partial charge on any atom is -0.490 e. The van der Waals surface area contributed by atoms with Crippen LogP contribution in [0.15, 0.2) is 23.1 Å². The summed E-state index contributed by atoms with van der Waals surface area (Å²) in [5, 5.41) is 0. The molecule has 1 aromatic carbocycles. The lowest BCUT2D eigenvalue weighted by Crippen LogP contribution is -3.07. The molecule has 0 fully saturated rings. The Kier molecular flexibility index (Phi) is 7.51. The number of hydrogen-bond donors (Lipinski definition) is 2. The van der Waals surface area contributed by atoms with Gasteiger partial charge in [0.05, 0.1) is 38.7 Å². The molecule has 0 bridgehead atoms. The fourth-order valence-corrected chi connectivity index (χ4v) is 3.85. The van der Waals surface area contributed by atoms with Crippen LogP contribution in [0.5, 0.6) is 11.5 Å². The van der Waals surface area contributed by atoms with Gasteiger partial charge in [-0.25, -0.2) is 13.1 Å². The first-order valence-corrected chi connectivity index (χ1v) is 9.78. The van der Waals surface area contributed by atoms with E-state index in [1.165, 1.54) is 11.0 Å². The van der Waals surface area contributed by atoms with Gasteiger partial charge >= 0.3 is 0 Å². The van der Waals surface area contributed by atoms with Crippen LogP contribution in [0.3, 0.4) is 0 Å². The molecule has 0 heterocycles. The Labute approximate surface area is 146 Å². The molecule has 0 aliphatic rings. The molecule has 0 aliphatic heterocycles. The Bertz CT molecular complexity index is 627. The number of benzene rings is 1. The molecule has 7 heteroatoms. The smallest absolute Gasteiger partial charge is 0.240 e. The Morgan fingerprint density at radius 3 is 2.21 bits per heavy atom. The van der Waals surface area contributed by atoms with Crippen molar-refractivity contribution in [2.45, 2.75) is 32.6 Å². The van der Waals surface area contributed by atoms with E-state index in [4.69, 9.17) is 9.47 Å². The van der Waals surface area contributed by atoms with E-state index in [1.807, 2.05) is 27.7 Å². The van der Waals surface area contributed by atoms with E-state index in [0.29, 0.717) is 31.3 Å². The average molecular weight is 360 g/mol. The molecule has 0 spiro atoms. The maximum Gasteiger partial charge on any atom is 0.240 e. The van der Waals surface area contributed by atoms with Crippen LogP contribution in [-0.4, -0.2) is 48.8 Å². The maximum absolute atomic E-state index is 12.6. The summed E-state index contributed by atoms with van der Waals surface area (Å²) < 4.78 is 38.8. The van der Waals surface area contributed by atoms with Gasteiger partial charge in [-0.3, -0.25) is 0 Å². The molecule has 0 unspecified atom stereocenters. The van der Waals surface area contributed by atoms with Crippen LogP contribution in [0.2, 0.25) is 0 Å². The second kappa shape index (κ2) is 8.69. The van der Waals surface area contributed by atoms with Gasteiger partial charge < -0.3 is 14.4 Å². The van der Waals surface area contributed by atoms with E-state index in [0.717, 1.165) is 6.54 Å². The van der Waals surface area contributed by atoms with Gasteiger partial charge in [-0.1, -0.05) is 13.8 Å². The van der Waals surface area contributed by atoms with Gasteiger partial charge in [0, 0.05) is 18.0 Å². The van der Waals surface area contributed by atoms with Gasteiger partial charge in [-0.05, 0) is 26.0 Å². The summed E-state index contributed by atoms with van der Waals surface area (Å²) >= 11 is 0. The van der Waals surface area contributed by atoms with Crippen LogP contribution >= 0.6 is 0 Å². The molecule has 0 aliphatic carbocycles. The summed E-state index contributed by atoms with van der Waals surface area (Å²) in [7, 11) is 0.509. The second-order valence-electron chi connectivity index (χ2n) is 6.85. The van der Waals surface area contributed by atoms with Crippen molar-refractivity contribution in [1.29, 1.82) is 0 Å². The van der Waals surface area contributed by atoms with Crippen LogP contribution in [0, 0.1) is 5.41 Å². The van der Waals surface area contributed by atoms with Gasteiger partial charge in [0.25, 0.3) is 0 Å². The van der Waals surface area contributed by atoms with Crippen LogP contribution in [0.25, 0.3) is 0 Å². The Balaban J connectivity index is 2.95. The first-order chi connectivity index (χ1) is 11.1. The third-order valence-corrected chi connectivity index (χ3v) is 4.80. The molecule has 1 rings (SSSR count). The standard InChI is InChI=1S/C17H30N2O4S/c1-7-22-15-10-9-14(11-16(15)23-8-2)24(20,21)18-12-17(3,4)13-19(5)6/h9-11,18H,7-8,12-13H2,1-6H3/p+1. The van der Waals surface area contributed by atoms with Crippen molar-refractivity contribution in [3.63, 3.8) is 0 Å². The van der Waals surface area contributed by atoms with Crippen molar-refractivity contribution < 1.29 is 22.8 Å². The van der Waals surface area contributed by atoms with Crippen molar-refractivity contribution in [1.82, 2.24) is 4.72 Å². The predicted molar refractivity (Wildman–Crippen MR) is 95.4 cm³/mol. The van der Waals surface area contributed by atoms with E-state index in [9.17, 15) is 8.42 Å². The molecule has 1 aromatic rings. The third kappa shape index (κ3) is 6.30. The lowest BCUT2D eigenvalue weighted by Gasteiger charge is -2.26. The SMILES string of the molecule is CCOc1ccc(S(=O)(=O)NCC(C)(C)C[NH+](C)C)cc1OCC. The van der Waals surface area contributed by atoms with Gasteiger partial charge in [-0.2, -0.15) is 0 Å². The van der Waals surface area contributed by atoms with Crippen molar-refractivity contribution in [3.8, 4) is 11.5 Å². The zero-order valence-corrected chi connectivity index (χ0v) is 16.4. The lowest BCUT2D eigenvalue weighted by molar-refractivity contribution is -0.865. The predicted octanol–water partition coefficient (Wildman–Crippen LogP) is 0.933. The molecule has 0 amide bonds. The van der Waals surface area contributed by atoms with Crippen molar-refractivity contribution in [2.75, 3.05) is 40.4 Å². The lowest BCUT2D eigenvalue weighted by atomic mass is 9.93. The molecule has 6 nitrogen and oxygen atoms in total. The van der Waals surface area contributed by atoms with Gasteiger partial charge in [0.15, 0.2) is 11.5 Å². The number of quaternary nitrogens is 1. The van der Waals surface area contributed by atoms with Crippen LogP contribution in [0.4, 0.5) is 0 Å². The summed E-state index contributed by atoms with van der Waals surface area (Å²) in [5.74, 6) is 0.994. The summed E-state index contributed by atoms with van der Waals surface area (Å²) in [5.41, 5.74) is -0.139. The second-order valence-corrected chi connectivity index (χ2v) is 8.61. The largest absolute Gasteiger partial charge is 0.490 e. The number of sulfonamides is 1. The molecular weight excluding hydrogens is 328 g/mol. The summed E-state index contributed by atoms with van der Waals surface area (Å²) in [6, 6.07) is 4.69. The van der Waals surface area contributed by atoms with E-state index in [2.05, 4.69) is 18.8 Å². The molecular formula is C17H31N2O4S+. The van der Waals surface area contributed by atoms with E-state index in [1.54, 1.807) is 12.1 Å². The number of rotatable bonds is 10. The fourth-order valence-electron chi connectivity index (χ4n) is 2.59. The highest BCUT2D eigenvalue weighted by atomic mass is 32.2. The van der Waals surface area contributed by atoms with Crippen LogP contribution in [0.1, 0.15) is 27.7 Å². The molecule has 138 valence electrons. The Hall–Kier alpha value is -1.31. The molecule has 0 radical (unpaired) electrons. The Morgan fingerprint density at radius 2 is 1.67 bits per heavy atom. The maximum atomic E-state index is 12.6. The molecule has 0 atom stereocenters. The molecule has 2 N–H and O–H groups in total. The first kappa shape index (κ1) is 20.7. The first-order valence-electron chi connectivity index (χ1n) is 8.29. The molecule has 0 saturated carbocycles. The molecule has 24 heavy (non-hydrogen) atoms. The zero-order chi connectivity index (χ0) is 18.4. The third-order valence-electron chi connectivity index (χ3n) is 3.40. The topological polar surface area (TPSA) is 69.1 Å². The van der Waals surface area contributed by atoms with Crippen molar-refractivity contribution >= 4 is 10.0 Å². The van der Waals surface area contributed by atoms with Gasteiger partial charge in [0.1, 0.15) is 0 Å². The highest BCUT2D eigenvalue weighted by molar-refractivity contribution is 7.89. The van der Waals surface area contributed by atoms with Crippen molar-refractivity contribution in [3.05, 3.63) is 18.2 Å². The summed E-state index contributed by atoms with van der Waals surface area (Å²) in [6.45, 7) is 9.98. The zero-order valence-electron chi connectivity index (χ0n) is 15.6. The molecule has 0 saturated heterocycles. The number of nitrogens with one attached hydrogen (secondary N) is 2. The highest BCUT2D eigenvalue weighted by Gasteiger charge is 2.25. The monoisotopic (exact) mass is 359 g/mol. The minimum atomic E-state index is -3.60. The van der Waals surface area contributed by atoms with E-state index >= 15 is 0 Å². The van der Waals surface area contributed by atoms with Crippen LogP contribution in [-0.2, 0) is 10.0 Å². The quantitative estimate of drug-likeness (QED) is 0.652. The minimum absolute atomic E-state index is 0.139. The normalized spacial score (nSPS) is 12.5. The summed E-state index contributed by atoms with van der Waals surface area (Å²) in [6.07, 6.45) is 0.